The number of nitrogens with two attached hydrogens (primary N) is 1. The fourth-order valence-corrected chi connectivity index (χ4v) is 1.28. The highest BCUT2D eigenvalue weighted by molar-refractivity contribution is 5.76. The Balaban J connectivity index is 2.43. The summed E-state index contributed by atoms with van der Waals surface area (Å²) in [6, 6.07) is 9.44. The summed E-state index contributed by atoms with van der Waals surface area (Å²) < 4.78 is 0. The van der Waals surface area contributed by atoms with Crippen molar-refractivity contribution < 1.29 is 4.79 Å². The summed E-state index contributed by atoms with van der Waals surface area (Å²) >= 11 is 0. The summed E-state index contributed by atoms with van der Waals surface area (Å²) in [5, 5.41) is 11.8. The average molecular weight is 217 g/mol. The van der Waals surface area contributed by atoms with Crippen LogP contribution in [0.1, 0.15) is 18.1 Å². The summed E-state index contributed by atoms with van der Waals surface area (Å²) in [4.78, 5) is 10.8. The summed E-state index contributed by atoms with van der Waals surface area (Å²) in [5.74, 6) is -0.488. The van der Waals surface area contributed by atoms with Crippen LogP contribution in [0.15, 0.2) is 24.3 Å². The fourth-order valence-electron chi connectivity index (χ4n) is 1.28. The van der Waals surface area contributed by atoms with Gasteiger partial charge in [-0.25, -0.2) is 0 Å². The lowest BCUT2D eigenvalue weighted by molar-refractivity contribution is -0.121. The van der Waals surface area contributed by atoms with Gasteiger partial charge < -0.3 is 11.1 Å². The van der Waals surface area contributed by atoms with Crippen LogP contribution < -0.4 is 11.1 Å². The molecule has 0 heterocycles. The molecule has 0 saturated heterocycles. The predicted molar refractivity (Wildman–Crippen MR) is 61.2 cm³/mol. The van der Waals surface area contributed by atoms with Gasteiger partial charge >= 0.3 is 0 Å². The molecule has 0 aliphatic rings. The van der Waals surface area contributed by atoms with Crippen LogP contribution in [0.4, 0.5) is 0 Å². The normalized spacial score (nSPS) is 11.8. The molecular formula is C12H15N3O. The molecule has 1 aromatic rings. The highest BCUT2D eigenvalue weighted by atomic mass is 16.1. The Hall–Kier alpha value is -1.86. The van der Waals surface area contributed by atoms with E-state index >= 15 is 0 Å². The molecule has 0 bridgehead atoms. The van der Waals surface area contributed by atoms with Crippen LogP contribution in [0.2, 0.25) is 0 Å². The molecule has 1 rings (SSSR count). The van der Waals surface area contributed by atoms with E-state index in [0.717, 1.165) is 5.56 Å². The molecule has 4 nitrogen and oxygen atoms in total. The van der Waals surface area contributed by atoms with E-state index in [2.05, 4.69) is 11.4 Å². The quantitative estimate of drug-likeness (QED) is 0.764. The van der Waals surface area contributed by atoms with Gasteiger partial charge in [-0.2, -0.15) is 5.26 Å². The first-order valence-electron chi connectivity index (χ1n) is 5.12. The first kappa shape index (κ1) is 12.2. The van der Waals surface area contributed by atoms with Gasteiger partial charge in [0.2, 0.25) is 5.91 Å². The van der Waals surface area contributed by atoms with Gasteiger partial charge in [0.05, 0.1) is 11.6 Å². The largest absolute Gasteiger partial charge is 0.369 e. The standard InChI is InChI=1S/C12H15N3O/c1-9(12(14)16)7-15-8-11-4-2-3-10(5-11)6-13/h2-5,9,15H,7-8H2,1H3,(H2,14,16). The van der Waals surface area contributed by atoms with E-state index in [1.807, 2.05) is 18.2 Å². The molecule has 84 valence electrons. The van der Waals surface area contributed by atoms with Gasteiger partial charge in [-0.3, -0.25) is 4.79 Å². The Morgan fingerprint density at radius 3 is 3.00 bits per heavy atom. The van der Waals surface area contributed by atoms with Crippen molar-refractivity contribution in [1.29, 1.82) is 5.26 Å². The fraction of sp³-hybridized carbons (Fsp3) is 0.333. The van der Waals surface area contributed by atoms with Crippen LogP contribution in [0.3, 0.4) is 0 Å². The molecular weight excluding hydrogens is 202 g/mol. The third-order valence-corrected chi connectivity index (χ3v) is 2.32. The molecule has 3 N–H and O–H groups in total. The van der Waals surface area contributed by atoms with Gasteiger partial charge in [-0.1, -0.05) is 19.1 Å². The molecule has 16 heavy (non-hydrogen) atoms. The highest BCUT2D eigenvalue weighted by Gasteiger charge is 2.07. The molecule has 1 unspecified atom stereocenters. The minimum absolute atomic E-state index is 0.181. The highest BCUT2D eigenvalue weighted by Crippen LogP contribution is 2.03. The first-order valence-corrected chi connectivity index (χ1v) is 5.12. The second kappa shape index (κ2) is 5.89. The maximum Gasteiger partial charge on any atom is 0.221 e. The van der Waals surface area contributed by atoms with E-state index in [-0.39, 0.29) is 11.8 Å². The minimum atomic E-state index is -0.307. The Morgan fingerprint density at radius 1 is 1.62 bits per heavy atom. The Kier molecular flexibility index (Phi) is 4.49. The first-order chi connectivity index (χ1) is 7.63. The van der Waals surface area contributed by atoms with Crippen molar-refractivity contribution in [1.82, 2.24) is 5.32 Å². The van der Waals surface area contributed by atoms with Gasteiger partial charge in [0, 0.05) is 19.0 Å². The van der Waals surface area contributed by atoms with E-state index in [0.29, 0.717) is 18.7 Å². The molecule has 0 spiro atoms. The van der Waals surface area contributed by atoms with E-state index in [9.17, 15) is 4.79 Å². The summed E-state index contributed by atoms with van der Waals surface area (Å²) in [7, 11) is 0. The third kappa shape index (κ3) is 3.71. The van der Waals surface area contributed by atoms with Crippen LogP contribution in [0.25, 0.3) is 0 Å². The van der Waals surface area contributed by atoms with Crippen LogP contribution >= 0.6 is 0 Å². The Labute approximate surface area is 95.1 Å². The average Bonchev–Trinajstić information content (AvgIpc) is 2.29. The number of rotatable bonds is 5. The van der Waals surface area contributed by atoms with E-state index in [1.54, 1.807) is 13.0 Å². The molecule has 0 aromatic heterocycles. The van der Waals surface area contributed by atoms with Crippen LogP contribution in [-0.2, 0) is 11.3 Å². The molecule has 4 heteroatoms. The number of carbonyl (C=O) groups is 1. The second-order valence-corrected chi connectivity index (χ2v) is 3.75. The molecule has 0 aliphatic heterocycles. The van der Waals surface area contributed by atoms with E-state index in [1.165, 1.54) is 0 Å². The number of nitrogens with zero attached hydrogens (tertiary/aromatic N) is 1. The predicted octanol–water partition coefficient (Wildman–Crippen LogP) is 0.769. The Morgan fingerprint density at radius 2 is 2.38 bits per heavy atom. The number of nitrogens with one attached hydrogen (secondary N) is 1. The maximum atomic E-state index is 10.8. The van der Waals surface area contributed by atoms with Crippen LogP contribution in [0, 0.1) is 17.2 Å². The molecule has 1 amide bonds. The van der Waals surface area contributed by atoms with Gasteiger partial charge in [0.1, 0.15) is 0 Å². The zero-order valence-corrected chi connectivity index (χ0v) is 9.23. The SMILES string of the molecule is CC(CNCc1cccc(C#N)c1)C(N)=O. The molecule has 0 radical (unpaired) electrons. The van der Waals surface area contributed by atoms with Crippen molar-refractivity contribution in [3.05, 3.63) is 35.4 Å². The topological polar surface area (TPSA) is 78.9 Å². The number of hydrogen-bond acceptors (Lipinski definition) is 3. The molecule has 0 aliphatic carbocycles. The zero-order chi connectivity index (χ0) is 12.0. The van der Waals surface area contributed by atoms with Crippen molar-refractivity contribution in [2.24, 2.45) is 11.7 Å². The lowest BCUT2D eigenvalue weighted by Gasteiger charge is -2.08. The number of hydrogen-bond donors (Lipinski definition) is 2. The van der Waals surface area contributed by atoms with E-state index in [4.69, 9.17) is 11.0 Å². The Bertz CT molecular complexity index is 409. The van der Waals surface area contributed by atoms with Crippen LogP contribution in [0.5, 0.6) is 0 Å². The van der Waals surface area contributed by atoms with Crippen molar-refractivity contribution in [2.75, 3.05) is 6.54 Å². The number of primary amides is 1. The summed E-state index contributed by atoms with van der Waals surface area (Å²) in [6.45, 7) is 2.96. The third-order valence-electron chi connectivity index (χ3n) is 2.32. The van der Waals surface area contributed by atoms with Crippen LogP contribution in [-0.4, -0.2) is 12.5 Å². The van der Waals surface area contributed by atoms with Crippen molar-refractivity contribution in [3.63, 3.8) is 0 Å². The van der Waals surface area contributed by atoms with Gasteiger partial charge in [-0.15, -0.1) is 0 Å². The number of benzene rings is 1. The van der Waals surface area contributed by atoms with Gasteiger partial charge in [-0.05, 0) is 17.7 Å². The minimum Gasteiger partial charge on any atom is -0.369 e. The van der Waals surface area contributed by atoms with E-state index < -0.39 is 0 Å². The monoisotopic (exact) mass is 217 g/mol. The molecule has 0 saturated carbocycles. The van der Waals surface area contributed by atoms with Crippen molar-refractivity contribution in [3.8, 4) is 6.07 Å². The molecule has 1 atom stereocenters. The van der Waals surface area contributed by atoms with Gasteiger partial charge in [0.25, 0.3) is 0 Å². The van der Waals surface area contributed by atoms with Crippen molar-refractivity contribution >= 4 is 5.91 Å². The smallest absolute Gasteiger partial charge is 0.221 e. The number of carbonyl (C=O) groups excluding carboxylic acids is 1. The lowest BCUT2D eigenvalue weighted by atomic mass is 10.1. The summed E-state index contributed by atoms with van der Waals surface area (Å²) in [6.07, 6.45) is 0. The molecule has 0 fully saturated rings. The zero-order valence-electron chi connectivity index (χ0n) is 9.23. The second-order valence-electron chi connectivity index (χ2n) is 3.75. The van der Waals surface area contributed by atoms with Gasteiger partial charge in [0.15, 0.2) is 0 Å². The lowest BCUT2D eigenvalue weighted by Crippen LogP contribution is -2.30. The number of amides is 1. The number of nitriles is 1. The van der Waals surface area contributed by atoms with Crippen molar-refractivity contribution in [2.45, 2.75) is 13.5 Å². The summed E-state index contributed by atoms with van der Waals surface area (Å²) in [5.41, 5.74) is 6.80. The molecule has 1 aromatic carbocycles. The maximum absolute atomic E-state index is 10.8.